The second-order valence-corrected chi connectivity index (χ2v) is 4.66. The molecule has 0 amide bonds. The van der Waals surface area contributed by atoms with Gasteiger partial charge in [-0.05, 0) is 25.8 Å². The summed E-state index contributed by atoms with van der Waals surface area (Å²) in [5.74, 6) is 0.634. The predicted octanol–water partition coefficient (Wildman–Crippen LogP) is -0.336. The van der Waals surface area contributed by atoms with Crippen molar-refractivity contribution < 1.29 is 9.84 Å². The van der Waals surface area contributed by atoms with E-state index in [0.29, 0.717) is 5.92 Å². The molecule has 0 spiro atoms. The molecule has 14 heavy (non-hydrogen) atoms. The van der Waals surface area contributed by atoms with Gasteiger partial charge in [0, 0.05) is 25.7 Å². The van der Waals surface area contributed by atoms with Gasteiger partial charge in [0.25, 0.3) is 0 Å². The molecule has 0 radical (unpaired) electrons. The molecule has 2 atom stereocenters. The van der Waals surface area contributed by atoms with Crippen molar-refractivity contribution in [2.75, 3.05) is 40.0 Å². The van der Waals surface area contributed by atoms with E-state index in [4.69, 9.17) is 15.6 Å². The number of nitrogens with two attached hydrogens (primary N) is 1. The largest absolute Gasteiger partial charge is 0.394 e. The van der Waals surface area contributed by atoms with Gasteiger partial charge in [0.15, 0.2) is 0 Å². The van der Waals surface area contributed by atoms with E-state index in [-0.39, 0.29) is 6.61 Å². The van der Waals surface area contributed by atoms with Crippen molar-refractivity contribution in [2.24, 2.45) is 11.7 Å². The van der Waals surface area contributed by atoms with Crippen LogP contribution in [0, 0.1) is 5.92 Å². The zero-order chi connectivity index (χ0) is 10.6. The number of aliphatic hydroxyl groups is 1. The summed E-state index contributed by atoms with van der Waals surface area (Å²) in [5, 5.41) is 9.05. The number of ether oxygens (including phenoxy) is 1. The molecule has 2 unspecified atom stereocenters. The molecule has 0 bridgehead atoms. The molecule has 0 aromatic rings. The first-order valence-corrected chi connectivity index (χ1v) is 5.18. The van der Waals surface area contributed by atoms with Crippen LogP contribution < -0.4 is 5.73 Å². The summed E-state index contributed by atoms with van der Waals surface area (Å²) < 4.78 is 5.12. The molecule has 4 heteroatoms. The molecule has 1 rings (SSSR count). The minimum absolute atomic E-state index is 0.0401. The Balaban J connectivity index is 2.28. The third kappa shape index (κ3) is 3.53. The Hall–Kier alpha value is -0.160. The molecule has 1 fully saturated rings. The van der Waals surface area contributed by atoms with Gasteiger partial charge in [-0.1, -0.05) is 0 Å². The maximum Gasteiger partial charge on any atom is 0.0621 e. The molecule has 1 aliphatic rings. The SMILES string of the molecule is COCC1CCN(CC(C)(N)CO)C1. The fraction of sp³-hybridized carbons (Fsp3) is 1.00. The molecular weight excluding hydrogens is 180 g/mol. The van der Waals surface area contributed by atoms with Gasteiger partial charge in [0.05, 0.1) is 13.2 Å². The molecule has 0 aromatic heterocycles. The van der Waals surface area contributed by atoms with E-state index in [1.165, 1.54) is 6.42 Å². The van der Waals surface area contributed by atoms with Crippen molar-refractivity contribution in [2.45, 2.75) is 18.9 Å². The van der Waals surface area contributed by atoms with Gasteiger partial charge in [0.2, 0.25) is 0 Å². The monoisotopic (exact) mass is 202 g/mol. The van der Waals surface area contributed by atoms with Gasteiger partial charge in [-0.2, -0.15) is 0 Å². The molecule has 84 valence electrons. The maximum atomic E-state index is 9.05. The first-order chi connectivity index (χ1) is 6.57. The van der Waals surface area contributed by atoms with Crippen LogP contribution in [0.2, 0.25) is 0 Å². The summed E-state index contributed by atoms with van der Waals surface area (Å²) in [5.41, 5.74) is 5.42. The summed E-state index contributed by atoms with van der Waals surface area (Å²) in [7, 11) is 1.74. The lowest BCUT2D eigenvalue weighted by atomic mass is 10.1. The topological polar surface area (TPSA) is 58.7 Å². The molecular formula is C10H22N2O2. The summed E-state index contributed by atoms with van der Waals surface area (Å²) >= 11 is 0. The van der Waals surface area contributed by atoms with E-state index >= 15 is 0 Å². The highest BCUT2D eigenvalue weighted by Gasteiger charge is 2.27. The van der Waals surface area contributed by atoms with Gasteiger partial charge in [-0.25, -0.2) is 0 Å². The fourth-order valence-corrected chi connectivity index (χ4v) is 1.99. The number of methoxy groups -OCH3 is 1. The van der Waals surface area contributed by atoms with Crippen LogP contribution >= 0.6 is 0 Å². The van der Waals surface area contributed by atoms with E-state index in [9.17, 15) is 0 Å². The Morgan fingerprint density at radius 1 is 1.64 bits per heavy atom. The van der Waals surface area contributed by atoms with E-state index in [1.807, 2.05) is 6.92 Å². The Bertz CT molecular complexity index is 174. The normalized spacial score (nSPS) is 27.9. The molecule has 1 aliphatic heterocycles. The van der Waals surface area contributed by atoms with Crippen molar-refractivity contribution in [3.8, 4) is 0 Å². The molecule has 0 aliphatic carbocycles. The quantitative estimate of drug-likeness (QED) is 0.640. The Morgan fingerprint density at radius 3 is 2.93 bits per heavy atom. The molecule has 1 heterocycles. The predicted molar refractivity (Wildman–Crippen MR) is 56.1 cm³/mol. The van der Waals surface area contributed by atoms with E-state index in [1.54, 1.807) is 7.11 Å². The van der Waals surface area contributed by atoms with Crippen molar-refractivity contribution in [1.29, 1.82) is 0 Å². The van der Waals surface area contributed by atoms with Gasteiger partial charge < -0.3 is 20.5 Å². The van der Waals surface area contributed by atoms with Crippen LogP contribution in [-0.4, -0.2) is 55.5 Å². The Kier molecular flexibility index (Phi) is 4.31. The van der Waals surface area contributed by atoms with Gasteiger partial charge in [-0.3, -0.25) is 0 Å². The average Bonchev–Trinajstić information content (AvgIpc) is 2.53. The number of aliphatic hydroxyl groups excluding tert-OH is 1. The highest BCUT2D eigenvalue weighted by Crippen LogP contribution is 2.17. The first-order valence-electron chi connectivity index (χ1n) is 5.18. The lowest BCUT2D eigenvalue weighted by Gasteiger charge is -2.28. The fourth-order valence-electron chi connectivity index (χ4n) is 1.99. The van der Waals surface area contributed by atoms with Crippen molar-refractivity contribution in [3.63, 3.8) is 0 Å². The van der Waals surface area contributed by atoms with Crippen LogP contribution in [0.4, 0.5) is 0 Å². The number of rotatable bonds is 5. The van der Waals surface area contributed by atoms with Crippen molar-refractivity contribution in [1.82, 2.24) is 4.90 Å². The molecule has 1 saturated heterocycles. The third-order valence-electron chi connectivity index (χ3n) is 2.72. The molecule has 0 saturated carbocycles. The highest BCUT2D eigenvalue weighted by atomic mass is 16.5. The maximum absolute atomic E-state index is 9.05. The molecule has 3 N–H and O–H groups in total. The minimum Gasteiger partial charge on any atom is -0.394 e. The Labute approximate surface area is 86.0 Å². The lowest BCUT2D eigenvalue weighted by molar-refractivity contribution is 0.138. The van der Waals surface area contributed by atoms with Crippen LogP contribution in [0.1, 0.15) is 13.3 Å². The van der Waals surface area contributed by atoms with Crippen LogP contribution in [0.3, 0.4) is 0 Å². The number of hydrogen-bond donors (Lipinski definition) is 2. The number of hydrogen-bond acceptors (Lipinski definition) is 4. The van der Waals surface area contributed by atoms with Crippen LogP contribution in [0.15, 0.2) is 0 Å². The van der Waals surface area contributed by atoms with E-state index in [0.717, 1.165) is 26.2 Å². The highest BCUT2D eigenvalue weighted by molar-refractivity contribution is 4.85. The minimum atomic E-state index is -0.470. The van der Waals surface area contributed by atoms with Crippen LogP contribution in [-0.2, 0) is 4.74 Å². The van der Waals surface area contributed by atoms with E-state index < -0.39 is 5.54 Å². The zero-order valence-corrected chi connectivity index (χ0v) is 9.20. The standard InChI is InChI=1S/C10H22N2O2/c1-10(11,8-13)7-12-4-3-9(5-12)6-14-2/h9,13H,3-8,11H2,1-2H3. The van der Waals surface area contributed by atoms with Crippen LogP contribution in [0.25, 0.3) is 0 Å². The number of nitrogens with zero attached hydrogens (tertiary/aromatic N) is 1. The van der Waals surface area contributed by atoms with Crippen molar-refractivity contribution in [3.05, 3.63) is 0 Å². The lowest BCUT2D eigenvalue weighted by Crippen LogP contribution is -2.50. The zero-order valence-electron chi connectivity index (χ0n) is 9.20. The smallest absolute Gasteiger partial charge is 0.0621 e. The van der Waals surface area contributed by atoms with E-state index in [2.05, 4.69) is 4.90 Å². The molecule has 0 aromatic carbocycles. The van der Waals surface area contributed by atoms with Crippen molar-refractivity contribution >= 4 is 0 Å². The summed E-state index contributed by atoms with van der Waals surface area (Å²) in [6.07, 6.45) is 1.18. The molecule has 4 nitrogen and oxygen atoms in total. The van der Waals surface area contributed by atoms with Gasteiger partial charge in [-0.15, -0.1) is 0 Å². The Morgan fingerprint density at radius 2 is 2.36 bits per heavy atom. The summed E-state index contributed by atoms with van der Waals surface area (Å²) in [6, 6.07) is 0. The second kappa shape index (κ2) is 5.07. The first kappa shape index (κ1) is 11.9. The summed E-state index contributed by atoms with van der Waals surface area (Å²) in [4.78, 5) is 2.31. The average molecular weight is 202 g/mol. The van der Waals surface area contributed by atoms with Crippen LogP contribution in [0.5, 0.6) is 0 Å². The van der Waals surface area contributed by atoms with Gasteiger partial charge in [0.1, 0.15) is 0 Å². The second-order valence-electron chi connectivity index (χ2n) is 4.66. The third-order valence-corrected chi connectivity index (χ3v) is 2.72. The number of likely N-dealkylation sites (tertiary alicyclic amines) is 1. The summed E-state index contributed by atoms with van der Waals surface area (Å²) in [6.45, 7) is 5.64. The van der Waals surface area contributed by atoms with Gasteiger partial charge >= 0.3 is 0 Å².